The van der Waals surface area contributed by atoms with Gasteiger partial charge in [0.1, 0.15) is 18.0 Å². The Bertz CT molecular complexity index is 761. The molecule has 0 spiro atoms. The summed E-state index contributed by atoms with van der Waals surface area (Å²) < 4.78 is 32.9. The van der Waals surface area contributed by atoms with Gasteiger partial charge in [0.25, 0.3) is 0 Å². The van der Waals surface area contributed by atoms with Crippen LogP contribution in [0.3, 0.4) is 0 Å². The molecule has 10 nitrogen and oxygen atoms in total. The van der Waals surface area contributed by atoms with Crippen LogP contribution in [-0.2, 0) is 26.6 Å². The minimum Gasteiger partial charge on any atom is -0.448 e. The lowest BCUT2D eigenvalue weighted by atomic mass is 10.3. The molecule has 2 aliphatic rings. The fourth-order valence-corrected chi connectivity index (χ4v) is 4.35. The number of rotatable bonds is 4. The Hall–Kier alpha value is -2.14. The van der Waals surface area contributed by atoms with Crippen LogP contribution >= 0.6 is 0 Å². The molecule has 2 aliphatic heterocycles. The zero-order chi connectivity index (χ0) is 18.0. The zero-order valence-electron chi connectivity index (χ0n) is 14.0. The first kappa shape index (κ1) is 17.7. The lowest BCUT2D eigenvalue weighted by Gasteiger charge is -2.23. The molecule has 0 N–H and O–H groups in total. The number of hydrogen-bond donors (Lipinski definition) is 0. The van der Waals surface area contributed by atoms with Gasteiger partial charge in [0, 0.05) is 39.4 Å². The number of carbonyl (C=O) groups is 2. The Morgan fingerprint density at radius 1 is 1.24 bits per heavy atom. The van der Waals surface area contributed by atoms with E-state index in [0.717, 1.165) is 0 Å². The van der Waals surface area contributed by atoms with Gasteiger partial charge in [0.15, 0.2) is 0 Å². The van der Waals surface area contributed by atoms with Gasteiger partial charge in [0.2, 0.25) is 15.9 Å². The topological polar surface area (TPSA) is 105 Å². The Morgan fingerprint density at radius 2 is 2.04 bits per heavy atom. The molecular formula is C14H21N5O5S. The standard InChI is InChI=1S/C14H21N5O5S/c1-16-10-12(9-15-16)25(22,23)19-4-2-3-17(5-6-19)13(20)11-18-7-8-24-14(18)21/h9-10H,2-8,11H2,1H3. The molecule has 1 aromatic heterocycles. The molecule has 11 heteroatoms. The second-order valence-electron chi connectivity index (χ2n) is 6.02. The molecule has 0 saturated carbocycles. The van der Waals surface area contributed by atoms with Crippen molar-refractivity contribution in [1.82, 2.24) is 23.9 Å². The molecule has 2 saturated heterocycles. The summed E-state index contributed by atoms with van der Waals surface area (Å²) in [6, 6.07) is 0. The molecule has 0 unspecified atom stereocenters. The van der Waals surface area contributed by atoms with Gasteiger partial charge in [-0.3, -0.25) is 14.4 Å². The number of cyclic esters (lactones) is 1. The van der Waals surface area contributed by atoms with Crippen molar-refractivity contribution in [3.05, 3.63) is 12.4 Å². The van der Waals surface area contributed by atoms with Crippen LogP contribution in [0.1, 0.15) is 6.42 Å². The van der Waals surface area contributed by atoms with Crippen molar-refractivity contribution in [3.8, 4) is 0 Å². The van der Waals surface area contributed by atoms with Crippen LogP contribution in [0.5, 0.6) is 0 Å². The molecule has 3 rings (SSSR count). The molecule has 0 bridgehead atoms. The molecule has 0 aromatic carbocycles. The largest absolute Gasteiger partial charge is 0.448 e. The number of hydrogen-bond acceptors (Lipinski definition) is 6. The van der Waals surface area contributed by atoms with E-state index in [-0.39, 0.29) is 23.9 Å². The minimum absolute atomic E-state index is 0.0335. The molecule has 0 aliphatic carbocycles. The highest BCUT2D eigenvalue weighted by Gasteiger charge is 2.31. The van der Waals surface area contributed by atoms with Crippen LogP contribution in [0, 0.1) is 0 Å². The van der Waals surface area contributed by atoms with E-state index < -0.39 is 16.1 Å². The van der Waals surface area contributed by atoms with E-state index in [2.05, 4.69) is 5.10 Å². The van der Waals surface area contributed by atoms with Crippen LogP contribution in [-0.4, -0.2) is 90.2 Å². The average Bonchev–Trinajstić information content (AvgIpc) is 3.08. The van der Waals surface area contributed by atoms with E-state index in [0.29, 0.717) is 39.2 Å². The molecule has 2 fully saturated rings. The summed E-state index contributed by atoms with van der Waals surface area (Å²) in [4.78, 5) is 26.9. The number of amides is 2. The van der Waals surface area contributed by atoms with Crippen molar-refractivity contribution in [3.63, 3.8) is 0 Å². The van der Waals surface area contributed by atoms with Gasteiger partial charge in [-0.15, -0.1) is 0 Å². The number of aryl methyl sites for hydroxylation is 1. The van der Waals surface area contributed by atoms with Crippen LogP contribution in [0.2, 0.25) is 0 Å². The number of carbonyl (C=O) groups excluding carboxylic acids is 2. The first-order chi connectivity index (χ1) is 11.9. The van der Waals surface area contributed by atoms with Gasteiger partial charge in [0.05, 0.1) is 12.7 Å². The maximum Gasteiger partial charge on any atom is 0.410 e. The second-order valence-corrected chi connectivity index (χ2v) is 7.96. The summed E-state index contributed by atoms with van der Waals surface area (Å²) in [5.74, 6) is -0.195. The summed E-state index contributed by atoms with van der Waals surface area (Å²) in [7, 11) is -1.96. The molecule has 1 aromatic rings. The Morgan fingerprint density at radius 3 is 2.68 bits per heavy atom. The minimum atomic E-state index is -3.62. The summed E-state index contributed by atoms with van der Waals surface area (Å²) in [5, 5.41) is 3.91. The van der Waals surface area contributed by atoms with E-state index in [9.17, 15) is 18.0 Å². The summed E-state index contributed by atoms with van der Waals surface area (Å²) in [5.41, 5.74) is 0. The molecule has 3 heterocycles. The zero-order valence-corrected chi connectivity index (χ0v) is 14.8. The van der Waals surface area contributed by atoms with Gasteiger partial charge in [-0.05, 0) is 6.42 Å². The number of nitrogens with zero attached hydrogens (tertiary/aromatic N) is 5. The number of ether oxygens (including phenoxy) is 1. The summed E-state index contributed by atoms with van der Waals surface area (Å²) in [6.07, 6.45) is 2.84. The molecular weight excluding hydrogens is 350 g/mol. The Balaban J connectivity index is 1.62. The van der Waals surface area contributed by atoms with Crippen molar-refractivity contribution < 1.29 is 22.7 Å². The monoisotopic (exact) mass is 371 g/mol. The maximum atomic E-state index is 12.7. The van der Waals surface area contributed by atoms with E-state index in [1.54, 1.807) is 11.9 Å². The Kier molecular flexibility index (Phi) is 4.95. The average molecular weight is 371 g/mol. The van der Waals surface area contributed by atoms with E-state index in [1.165, 1.54) is 26.3 Å². The highest BCUT2D eigenvalue weighted by molar-refractivity contribution is 7.89. The highest BCUT2D eigenvalue weighted by atomic mass is 32.2. The fourth-order valence-electron chi connectivity index (χ4n) is 2.90. The predicted molar refractivity (Wildman–Crippen MR) is 86.1 cm³/mol. The van der Waals surface area contributed by atoms with Gasteiger partial charge in [-0.1, -0.05) is 0 Å². The highest BCUT2D eigenvalue weighted by Crippen LogP contribution is 2.17. The fraction of sp³-hybridized carbons (Fsp3) is 0.643. The van der Waals surface area contributed by atoms with E-state index >= 15 is 0 Å². The summed E-state index contributed by atoms with van der Waals surface area (Å²) in [6.45, 7) is 1.97. The first-order valence-electron chi connectivity index (χ1n) is 8.06. The second kappa shape index (κ2) is 7.00. The number of aromatic nitrogens is 2. The normalized spacial score (nSPS) is 19.8. The first-order valence-corrected chi connectivity index (χ1v) is 9.50. The Labute approximate surface area is 146 Å². The SMILES string of the molecule is Cn1cc(S(=O)(=O)N2CCCN(C(=O)CN3CCOC3=O)CC2)cn1. The van der Waals surface area contributed by atoms with Crippen molar-refractivity contribution in [2.45, 2.75) is 11.3 Å². The maximum absolute atomic E-state index is 12.7. The number of sulfonamides is 1. The molecule has 2 amide bonds. The molecule has 0 atom stereocenters. The third kappa shape index (κ3) is 3.76. The van der Waals surface area contributed by atoms with Crippen LogP contribution in [0.15, 0.2) is 17.3 Å². The molecule has 0 radical (unpaired) electrons. The molecule has 138 valence electrons. The van der Waals surface area contributed by atoms with Gasteiger partial charge >= 0.3 is 6.09 Å². The third-order valence-corrected chi connectivity index (χ3v) is 6.15. The third-order valence-electron chi connectivity index (χ3n) is 4.30. The van der Waals surface area contributed by atoms with Crippen molar-refractivity contribution in [2.24, 2.45) is 7.05 Å². The lowest BCUT2D eigenvalue weighted by Crippen LogP contribution is -2.42. The summed E-state index contributed by atoms with van der Waals surface area (Å²) >= 11 is 0. The van der Waals surface area contributed by atoms with E-state index in [4.69, 9.17) is 4.74 Å². The van der Waals surface area contributed by atoms with Crippen LogP contribution < -0.4 is 0 Å². The van der Waals surface area contributed by atoms with Gasteiger partial charge in [-0.2, -0.15) is 9.40 Å². The quantitative estimate of drug-likeness (QED) is 0.679. The van der Waals surface area contributed by atoms with Crippen LogP contribution in [0.25, 0.3) is 0 Å². The molecule has 25 heavy (non-hydrogen) atoms. The van der Waals surface area contributed by atoms with Crippen molar-refractivity contribution in [1.29, 1.82) is 0 Å². The predicted octanol–water partition coefficient (Wildman–Crippen LogP) is -0.905. The smallest absolute Gasteiger partial charge is 0.410 e. The van der Waals surface area contributed by atoms with E-state index in [1.807, 2.05) is 0 Å². The van der Waals surface area contributed by atoms with Gasteiger partial charge < -0.3 is 9.64 Å². The van der Waals surface area contributed by atoms with Gasteiger partial charge in [-0.25, -0.2) is 13.2 Å². The van der Waals surface area contributed by atoms with Crippen molar-refractivity contribution in [2.75, 3.05) is 45.9 Å². The van der Waals surface area contributed by atoms with Crippen molar-refractivity contribution >= 4 is 22.0 Å². The lowest BCUT2D eigenvalue weighted by molar-refractivity contribution is -0.131. The van der Waals surface area contributed by atoms with Crippen LogP contribution in [0.4, 0.5) is 4.79 Å².